The van der Waals surface area contributed by atoms with Gasteiger partial charge in [0.05, 0.1) is 24.3 Å². The molecule has 0 N–H and O–H groups in total. The Bertz CT molecular complexity index is 1200. The largest absolute Gasteiger partial charge is 0.453 e. The molecular weight excluding hydrogens is 428 g/mol. The van der Waals surface area contributed by atoms with Gasteiger partial charge in [-0.15, -0.1) is 0 Å². The molecule has 166 valence electrons. The molecule has 0 spiro atoms. The SMILES string of the molecule is Cc1nc2n(c1-c1ccc(Oc3ccc(C(F)(F)F)nc3)c(F)c1)CN(CC1CC1)C2=O. The molecule has 1 aliphatic heterocycles. The van der Waals surface area contributed by atoms with E-state index in [2.05, 4.69) is 9.97 Å². The lowest BCUT2D eigenvalue weighted by Gasteiger charge is -2.16. The molecular formula is C22H18F4N4O2. The summed E-state index contributed by atoms with van der Waals surface area (Å²) >= 11 is 0. The summed E-state index contributed by atoms with van der Waals surface area (Å²) in [6.07, 6.45) is -1.42. The maximum Gasteiger partial charge on any atom is 0.433 e. The molecule has 10 heteroatoms. The number of pyridine rings is 1. The molecule has 3 aromatic rings. The lowest BCUT2D eigenvalue weighted by atomic mass is 10.1. The minimum absolute atomic E-state index is 0.0209. The lowest BCUT2D eigenvalue weighted by molar-refractivity contribution is -0.141. The second-order valence-electron chi connectivity index (χ2n) is 8.03. The Labute approximate surface area is 180 Å². The van der Waals surface area contributed by atoms with Crippen molar-refractivity contribution in [1.29, 1.82) is 0 Å². The molecule has 6 nitrogen and oxygen atoms in total. The zero-order valence-corrected chi connectivity index (χ0v) is 17.0. The molecule has 3 heterocycles. The molecule has 1 amide bonds. The molecule has 1 aliphatic carbocycles. The van der Waals surface area contributed by atoms with Crippen LogP contribution in [0.2, 0.25) is 0 Å². The predicted molar refractivity (Wildman–Crippen MR) is 105 cm³/mol. The van der Waals surface area contributed by atoms with Crippen LogP contribution >= 0.6 is 0 Å². The van der Waals surface area contributed by atoms with Gasteiger partial charge in [-0.05, 0) is 56.0 Å². The van der Waals surface area contributed by atoms with Crippen molar-refractivity contribution in [2.75, 3.05) is 6.54 Å². The topological polar surface area (TPSA) is 60.2 Å². The number of benzene rings is 1. The fraction of sp³-hybridized carbons (Fsp3) is 0.318. The zero-order valence-electron chi connectivity index (χ0n) is 17.0. The van der Waals surface area contributed by atoms with Gasteiger partial charge >= 0.3 is 6.18 Å². The van der Waals surface area contributed by atoms with Crippen LogP contribution in [0.3, 0.4) is 0 Å². The van der Waals surface area contributed by atoms with Crippen LogP contribution < -0.4 is 4.74 Å². The van der Waals surface area contributed by atoms with Gasteiger partial charge in [-0.2, -0.15) is 13.2 Å². The van der Waals surface area contributed by atoms with Gasteiger partial charge < -0.3 is 14.2 Å². The van der Waals surface area contributed by atoms with Gasteiger partial charge in [-0.25, -0.2) is 14.4 Å². The highest BCUT2D eigenvalue weighted by Gasteiger charge is 2.36. The third kappa shape index (κ3) is 3.69. The Hall–Kier alpha value is -3.43. The molecule has 1 saturated carbocycles. The number of carbonyl (C=O) groups excluding carboxylic acids is 1. The molecule has 1 aromatic carbocycles. The summed E-state index contributed by atoms with van der Waals surface area (Å²) in [5.41, 5.74) is 0.724. The minimum Gasteiger partial charge on any atom is -0.453 e. The van der Waals surface area contributed by atoms with Gasteiger partial charge in [-0.3, -0.25) is 4.79 Å². The van der Waals surface area contributed by atoms with Crippen LogP contribution in [0, 0.1) is 18.7 Å². The molecule has 0 unspecified atom stereocenters. The molecule has 0 bridgehead atoms. The molecule has 32 heavy (non-hydrogen) atoms. The van der Waals surface area contributed by atoms with Crippen LogP contribution in [-0.4, -0.2) is 31.9 Å². The molecule has 1 fully saturated rings. The van der Waals surface area contributed by atoms with Gasteiger partial charge in [0, 0.05) is 12.1 Å². The Balaban J connectivity index is 1.39. The number of imidazole rings is 1. The summed E-state index contributed by atoms with van der Waals surface area (Å²) in [6.45, 7) is 2.83. The van der Waals surface area contributed by atoms with Crippen molar-refractivity contribution in [2.24, 2.45) is 5.92 Å². The van der Waals surface area contributed by atoms with E-state index in [1.807, 2.05) is 0 Å². The van der Waals surface area contributed by atoms with Crippen molar-refractivity contribution in [3.63, 3.8) is 0 Å². The Morgan fingerprint density at radius 2 is 1.97 bits per heavy atom. The number of ether oxygens (including phenoxy) is 1. The van der Waals surface area contributed by atoms with Crippen molar-refractivity contribution >= 4 is 5.91 Å². The minimum atomic E-state index is -4.57. The van der Waals surface area contributed by atoms with Crippen molar-refractivity contribution < 1.29 is 27.1 Å². The summed E-state index contributed by atoms with van der Waals surface area (Å²) in [5, 5.41) is 0. The number of amides is 1. The summed E-state index contributed by atoms with van der Waals surface area (Å²) in [4.78, 5) is 22.1. The number of halogens is 4. The first kappa shape index (κ1) is 20.5. The van der Waals surface area contributed by atoms with Gasteiger partial charge in [0.15, 0.2) is 11.6 Å². The lowest BCUT2D eigenvalue weighted by Crippen LogP contribution is -2.27. The number of hydrogen-bond donors (Lipinski definition) is 0. The first-order valence-electron chi connectivity index (χ1n) is 10.1. The summed E-state index contributed by atoms with van der Waals surface area (Å²) < 4.78 is 59.8. The van der Waals surface area contributed by atoms with E-state index in [1.54, 1.807) is 22.5 Å². The molecule has 0 radical (unpaired) electrons. The van der Waals surface area contributed by atoms with Crippen LogP contribution in [-0.2, 0) is 12.8 Å². The molecule has 2 aliphatic rings. The predicted octanol–water partition coefficient (Wildman–Crippen LogP) is 5.03. The van der Waals surface area contributed by atoms with E-state index in [0.29, 0.717) is 41.9 Å². The standard InChI is InChI=1S/C22H18F4N4O2/c1-12-19(30-11-29(10-13-2-3-13)21(31)20(30)28-12)14-4-6-17(16(23)8-14)32-15-5-7-18(27-9-15)22(24,25)26/h4-9,13H,2-3,10-11H2,1H3. The van der Waals surface area contributed by atoms with E-state index in [0.717, 1.165) is 31.2 Å². The van der Waals surface area contributed by atoms with E-state index >= 15 is 0 Å². The monoisotopic (exact) mass is 446 g/mol. The second kappa shape index (κ2) is 7.32. The van der Waals surface area contributed by atoms with Crippen LogP contribution in [0.15, 0.2) is 36.5 Å². The number of nitrogens with zero attached hydrogens (tertiary/aromatic N) is 4. The van der Waals surface area contributed by atoms with E-state index in [1.165, 1.54) is 12.1 Å². The quantitative estimate of drug-likeness (QED) is 0.516. The number of aryl methyl sites for hydroxylation is 1. The van der Waals surface area contributed by atoms with Crippen molar-refractivity contribution in [3.8, 4) is 22.8 Å². The second-order valence-corrected chi connectivity index (χ2v) is 8.03. The molecule has 0 saturated heterocycles. The fourth-order valence-electron chi connectivity index (χ4n) is 3.83. The summed E-state index contributed by atoms with van der Waals surface area (Å²) in [6, 6.07) is 6.13. The van der Waals surface area contributed by atoms with Crippen LogP contribution in [0.25, 0.3) is 11.3 Å². The average Bonchev–Trinajstić information content (AvgIpc) is 3.43. The number of aromatic nitrogens is 3. The van der Waals surface area contributed by atoms with Gasteiger partial charge in [0.25, 0.3) is 5.91 Å². The Morgan fingerprint density at radius 3 is 2.59 bits per heavy atom. The Kier molecular flexibility index (Phi) is 4.68. The van der Waals surface area contributed by atoms with E-state index < -0.39 is 17.7 Å². The normalized spacial score (nSPS) is 15.9. The highest BCUT2D eigenvalue weighted by Crippen LogP contribution is 2.36. The first-order chi connectivity index (χ1) is 15.2. The maximum atomic E-state index is 14.8. The molecule has 5 rings (SSSR count). The molecule has 2 aromatic heterocycles. The number of carbonyl (C=O) groups is 1. The number of fused-ring (bicyclic) bond motifs is 1. The molecule has 0 atom stereocenters. The van der Waals surface area contributed by atoms with E-state index in [9.17, 15) is 22.4 Å². The first-order valence-corrected chi connectivity index (χ1v) is 10.1. The van der Waals surface area contributed by atoms with Crippen molar-refractivity contribution in [1.82, 2.24) is 19.4 Å². The number of alkyl halides is 3. The van der Waals surface area contributed by atoms with Crippen molar-refractivity contribution in [3.05, 3.63) is 59.6 Å². The summed E-state index contributed by atoms with van der Waals surface area (Å²) in [7, 11) is 0. The fourth-order valence-corrected chi connectivity index (χ4v) is 3.83. The maximum absolute atomic E-state index is 14.8. The summed E-state index contributed by atoms with van der Waals surface area (Å²) in [5.74, 6) is -0.109. The van der Waals surface area contributed by atoms with Gasteiger partial charge in [0.2, 0.25) is 5.82 Å². The smallest absolute Gasteiger partial charge is 0.433 e. The van der Waals surface area contributed by atoms with E-state index in [4.69, 9.17) is 4.74 Å². The highest BCUT2D eigenvalue weighted by atomic mass is 19.4. The Morgan fingerprint density at radius 1 is 1.19 bits per heavy atom. The van der Waals surface area contributed by atoms with Crippen LogP contribution in [0.1, 0.15) is 34.8 Å². The van der Waals surface area contributed by atoms with Gasteiger partial charge in [0.1, 0.15) is 11.4 Å². The van der Waals surface area contributed by atoms with Gasteiger partial charge in [-0.1, -0.05) is 0 Å². The van der Waals surface area contributed by atoms with Crippen LogP contribution in [0.4, 0.5) is 17.6 Å². The average molecular weight is 446 g/mol. The van der Waals surface area contributed by atoms with E-state index in [-0.39, 0.29) is 17.4 Å². The number of rotatable bonds is 5. The third-order valence-corrected chi connectivity index (χ3v) is 5.57. The zero-order chi connectivity index (χ0) is 22.6. The van der Waals surface area contributed by atoms with Crippen molar-refractivity contribution in [2.45, 2.75) is 32.6 Å². The highest BCUT2D eigenvalue weighted by molar-refractivity contribution is 5.94. The van der Waals surface area contributed by atoms with Crippen LogP contribution in [0.5, 0.6) is 11.5 Å². The third-order valence-electron chi connectivity index (χ3n) is 5.57. The number of hydrogen-bond acceptors (Lipinski definition) is 4.